The van der Waals surface area contributed by atoms with Gasteiger partial charge in [-0.2, -0.15) is 0 Å². The van der Waals surface area contributed by atoms with E-state index in [4.69, 9.17) is 5.11 Å². The molecule has 0 saturated carbocycles. The zero-order valence-electron chi connectivity index (χ0n) is 8.97. The summed E-state index contributed by atoms with van der Waals surface area (Å²) in [6, 6.07) is 6.86. The summed E-state index contributed by atoms with van der Waals surface area (Å²) in [7, 11) is 0. The van der Waals surface area contributed by atoms with Crippen molar-refractivity contribution in [2.75, 3.05) is 0 Å². The lowest BCUT2D eigenvalue weighted by atomic mass is 9.89. The smallest absolute Gasteiger partial charge is 0.307 e. The van der Waals surface area contributed by atoms with Crippen molar-refractivity contribution >= 4 is 5.97 Å². The molecule has 0 spiro atoms. The molecule has 0 amide bonds. The number of phenols is 1. The second-order valence-electron chi connectivity index (χ2n) is 4.02. The van der Waals surface area contributed by atoms with Gasteiger partial charge in [0.2, 0.25) is 0 Å². The van der Waals surface area contributed by atoms with Crippen molar-refractivity contribution in [3.05, 3.63) is 29.8 Å². The number of aromatic hydroxyl groups is 1. The molecule has 3 nitrogen and oxygen atoms in total. The fourth-order valence-electron chi connectivity index (χ4n) is 1.53. The largest absolute Gasteiger partial charge is 0.508 e. The Labute approximate surface area is 89.4 Å². The van der Waals surface area contributed by atoms with Crippen molar-refractivity contribution in [1.29, 1.82) is 0 Å². The summed E-state index contributed by atoms with van der Waals surface area (Å²) in [6.07, 6.45) is 0.375. The minimum Gasteiger partial charge on any atom is -0.508 e. The molecule has 0 aliphatic rings. The van der Waals surface area contributed by atoms with E-state index in [9.17, 15) is 9.90 Å². The van der Waals surface area contributed by atoms with Crippen molar-refractivity contribution in [2.45, 2.75) is 20.3 Å². The molecule has 0 aliphatic carbocycles. The first kappa shape index (κ1) is 11.6. The van der Waals surface area contributed by atoms with Crippen LogP contribution in [0.2, 0.25) is 0 Å². The maximum Gasteiger partial charge on any atom is 0.307 e. The summed E-state index contributed by atoms with van der Waals surface area (Å²) in [4.78, 5) is 11.0. The van der Waals surface area contributed by atoms with Crippen molar-refractivity contribution in [3.63, 3.8) is 0 Å². The molecule has 0 fully saturated rings. The van der Waals surface area contributed by atoms with Gasteiger partial charge in [-0.15, -0.1) is 0 Å². The SMILES string of the molecule is CC(C)C(Cc1ccccc1O)C(=O)O. The molecule has 1 aromatic carbocycles. The van der Waals surface area contributed by atoms with Crippen LogP contribution in [0.4, 0.5) is 0 Å². The van der Waals surface area contributed by atoms with Crippen LogP contribution >= 0.6 is 0 Å². The highest BCUT2D eigenvalue weighted by molar-refractivity contribution is 5.70. The molecule has 0 aliphatic heterocycles. The highest BCUT2D eigenvalue weighted by Crippen LogP contribution is 2.23. The van der Waals surface area contributed by atoms with Crippen LogP contribution < -0.4 is 0 Å². The molecule has 3 heteroatoms. The maximum atomic E-state index is 11.0. The molecule has 82 valence electrons. The normalized spacial score (nSPS) is 12.7. The zero-order valence-corrected chi connectivity index (χ0v) is 8.97. The number of carbonyl (C=O) groups is 1. The Bertz CT molecular complexity index is 344. The monoisotopic (exact) mass is 208 g/mol. The van der Waals surface area contributed by atoms with Crippen LogP contribution in [0.15, 0.2) is 24.3 Å². The highest BCUT2D eigenvalue weighted by Gasteiger charge is 2.22. The zero-order chi connectivity index (χ0) is 11.4. The van der Waals surface area contributed by atoms with Crippen LogP contribution in [-0.4, -0.2) is 16.2 Å². The van der Waals surface area contributed by atoms with E-state index in [1.54, 1.807) is 24.3 Å². The van der Waals surface area contributed by atoms with Gasteiger partial charge in [-0.3, -0.25) is 4.79 Å². The summed E-state index contributed by atoms with van der Waals surface area (Å²) in [5, 5.41) is 18.5. The minimum absolute atomic E-state index is 0.0575. The predicted molar refractivity (Wildman–Crippen MR) is 57.8 cm³/mol. The molecule has 1 atom stereocenters. The van der Waals surface area contributed by atoms with Crippen molar-refractivity contribution in [1.82, 2.24) is 0 Å². The molecular weight excluding hydrogens is 192 g/mol. The third-order valence-corrected chi connectivity index (χ3v) is 2.55. The molecule has 0 aromatic heterocycles. The van der Waals surface area contributed by atoms with Gasteiger partial charge in [0.15, 0.2) is 0 Å². The van der Waals surface area contributed by atoms with Crippen LogP contribution in [0.25, 0.3) is 0 Å². The third kappa shape index (κ3) is 2.98. The number of carboxylic acid groups (broad SMARTS) is 1. The topological polar surface area (TPSA) is 57.5 Å². The number of carboxylic acids is 1. The lowest BCUT2D eigenvalue weighted by Crippen LogP contribution is -2.22. The van der Waals surface area contributed by atoms with Gasteiger partial charge < -0.3 is 10.2 Å². The van der Waals surface area contributed by atoms with Gasteiger partial charge in [0.25, 0.3) is 0 Å². The van der Waals surface area contributed by atoms with Crippen LogP contribution in [0.1, 0.15) is 19.4 Å². The molecule has 0 bridgehead atoms. The summed E-state index contributed by atoms with van der Waals surface area (Å²) in [6.45, 7) is 3.75. The Balaban J connectivity index is 2.84. The highest BCUT2D eigenvalue weighted by atomic mass is 16.4. The van der Waals surface area contributed by atoms with Crippen molar-refractivity contribution < 1.29 is 15.0 Å². The summed E-state index contributed by atoms with van der Waals surface area (Å²) < 4.78 is 0. The Morgan fingerprint density at radius 3 is 2.40 bits per heavy atom. The number of hydrogen-bond donors (Lipinski definition) is 2. The Hall–Kier alpha value is -1.51. The average molecular weight is 208 g/mol. The van der Waals surface area contributed by atoms with Gasteiger partial charge in [-0.1, -0.05) is 32.0 Å². The van der Waals surface area contributed by atoms with E-state index >= 15 is 0 Å². The average Bonchev–Trinajstić information content (AvgIpc) is 2.15. The number of phenolic OH excluding ortho intramolecular Hbond substituents is 1. The lowest BCUT2D eigenvalue weighted by Gasteiger charge is -2.16. The van der Waals surface area contributed by atoms with E-state index in [1.807, 2.05) is 13.8 Å². The molecule has 15 heavy (non-hydrogen) atoms. The van der Waals surface area contributed by atoms with E-state index in [0.717, 1.165) is 0 Å². The Morgan fingerprint density at radius 2 is 1.93 bits per heavy atom. The number of hydrogen-bond acceptors (Lipinski definition) is 2. The molecule has 0 saturated heterocycles. The Morgan fingerprint density at radius 1 is 1.33 bits per heavy atom. The Kier molecular flexibility index (Phi) is 3.72. The van der Waals surface area contributed by atoms with E-state index in [-0.39, 0.29) is 11.7 Å². The summed E-state index contributed by atoms with van der Waals surface area (Å²) in [5.74, 6) is -1.03. The van der Waals surface area contributed by atoms with Crippen LogP contribution in [0, 0.1) is 11.8 Å². The second kappa shape index (κ2) is 4.82. The number of para-hydroxylation sites is 1. The first-order valence-corrected chi connectivity index (χ1v) is 5.02. The molecule has 1 unspecified atom stereocenters. The van der Waals surface area contributed by atoms with Gasteiger partial charge in [-0.25, -0.2) is 0 Å². The van der Waals surface area contributed by atoms with Gasteiger partial charge >= 0.3 is 5.97 Å². The van der Waals surface area contributed by atoms with Gasteiger partial charge in [0, 0.05) is 0 Å². The summed E-state index contributed by atoms with van der Waals surface area (Å²) in [5.41, 5.74) is 0.693. The molecule has 0 radical (unpaired) electrons. The quantitative estimate of drug-likeness (QED) is 0.798. The van der Waals surface area contributed by atoms with E-state index in [1.165, 1.54) is 0 Å². The van der Waals surface area contributed by atoms with Crippen LogP contribution in [-0.2, 0) is 11.2 Å². The van der Waals surface area contributed by atoms with E-state index in [2.05, 4.69) is 0 Å². The first-order chi connectivity index (χ1) is 7.02. The number of benzene rings is 1. The second-order valence-corrected chi connectivity index (χ2v) is 4.02. The first-order valence-electron chi connectivity index (χ1n) is 5.02. The number of rotatable bonds is 4. The van der Waals surface area contributed by atoms with E-state index < -0.39 is 11.9 Å². The fraction of sp³-hybridized carbons (Fsp3) is 0.417. The number of aliphatic carboxylic acids is 1. The van der Waals surface area contributed by atoms with Crippen molar-refractivity contribution in [3.8, 4) is 5.75 Å². The molecular formula is C12H16O3. The van der Waals surface area contributed by atoms with Gasteiger partial charge in [0.05, 0.1) is 5.92 Å². The molecule has 1 rings (SSSR count). The lowest BCUT2D eigenvalue weighted by molar-refractivity contribution is -0.143. The van der Waals surface area contributed by atoms with Gasteiger partial charge in [0.1, 0.15) is 5.75 Å². The van der Waals surface area contributed by atoms with Crippen molar-refractivity contribution in [2.24, 2.45) is 11.8 Å². The molecule has 2 N–H and O–H groups in total. The molecule has 0 heterocycles. The van der Waals surface area contributed by atoms with E-state index in [0.29, 0.717) is 12.0 Å². The summed E-state index contributed by atoms with van der Waals surface area (Å²) >= 11 is 0. The maximum absolute atomic E-state index is 11.0. The van der Waals surface area contributed by atoms with Gasteiger partial charge in [-0.05, 0) is 24.0 Å². The predicted octanol–water partition coefficient (Wildman–Crippen LogP) is 2.29. The minimum atomic E-state index is -0.812. The fourth-order valence-corrected chi connectivity index (χ4v) is 1.53. The molecule has 1 aromatic rings. The van der Waals surface area contributed by atoms with Crippen LogP contribution in [0.3, 0.4) is 0 Å². The standard InChI is InChI=1S/C12H16O3/c1-8(2)10(12(14)15)7-9-5-3-4-6-11(9)13/h3-6,8,10,13H,7H2,1-2H3,(H,14,15). The third-order valence-electron chi connectivity index (χ3n) is 2.55. The van der Waals surface area contributed by atoms with Crippen LogP contribution in [0.5, 0.6) is 5.75 Å².